The first-order valence-electron chi connectivity index (χ1n) is 9.94. The molecule has 0 bridgehead atoms. The summed E-state index contributed by atoms with van der Waals surface area (Å²) in [4.78, 5) is 15.7. The minimum Gasteiger partial charge on any atom is -0.378 e. The van der Waals surface area contributed by atoms with E-state index >= 15 is 0 Å². The summed E-state index contributed by atoms with van der Waals surface area (Å²) in [6.45, 7) is 2.47. The molecule has 2 amide bonds. The van der Waals surface area contributed by atoms with Gasteiger partial charge in [0.25, 0.3) is 0 Å². The lowest BCUT2D eigenvalue weighted by Gasteiger charge is -2.30. The molecule has 0 radical (unpaired) electrons. The number of rotatable bonds is 6. The van der Waals surface area contributed by atoms with Crippen LogP contribution in [0, 0.1) is 0 Å². The van der Waals surface area contributed by atoms with E-state index < -0.39 is 17.8 Å². The van der Waals surface area contributed by atoms with E-state index in [2.05, 4.69) is 5.32 Å². The molecule has 2 aromatic carbocycles. The first-order valence-corrected chi connectivity index (χ1v) is 9.94. The summed E-state index contributed by atoms with van der Waals surface area (Å²) in [6.07, 6.45) is -3.06. The molecule has 0 aliphatic carbocycles. The molecule has 0 saturated carbocycles. The number of urea groups is 1. The Morgan fingerprint density at radius 2 is 1.83 bits per heavy atom. The topological polar surface area (TPSA) is 44.8 Å². The first kappa shape index (κ1) is 22.0. The van der Waals surface area contributed by atoms with Crippen LogP contribution in [0.5, 0.6) is 0 Å². The second-order valence-corrected chi connectivity index (χ2v) is 7.27. The van der Waals surface area contributed by atoms with Gasteiger partial charge in [0.1, 0.15) is 0 Å². The number of nitrogens with zero attached hydrogens (tertiary/aromatic N) is 2. The summed E-state index contributed by atoms with van der Waals surface area (Å²) in [5, 5.41) is 2.42. The lowest BCUT2D eigenvalue weighted by atomic mass is 10.1. The summed E-state index contributed by atoms with van der Waals surface area (Å²) in [6, 6.07) is 13.3. The van der Waals surface area contributed by atoms with Gasteiger partial charge in [-0.3, -0.25) is 0 Å². The fourth-order valence-electron chi connectivity index (χ4n) is 3.37. The number of alkyl halides is 3. The Morgan fingerprint density at radius 1 is 1.13 bits per heavy atom. The van der Waals surface area contributed by atoms with Gasteiger partial charge >= 0.3 is 12.2 Å². The van der Waals surface area contributed by atoms with Crippen molar-refractivity contribution in [3.05, 3.63) is 59.7 Å². The predicted octanol–water partition coefficient (Wildman–Crippen LogP) is 4.64. The maximum atomic E-state index is 13.6. The largest absolute Gasteiger partial charge is 0.418 e. The van der Waals surface area contributed by atoms with Gasteiger partial charge in [-0.05, 0) is 36.6 Å². The smallest absolute Gasteiger partial charge is 0.378 e. The third-order valence-corrected chi connectivity index (χ3v) is 5.07. The average molecular weight is 421 g/mol. The number of benzene rings is 2. The Labute approximate surface area is 174 Å². The predicted molar refractivity (Wildman–Crippen MR) is 111 cm³/mol. The molecule has 1 saturated heterocycles. The zero-order chi connectivity index (χ0) is 21.6. The number of morpholine rings is 1. The van der Waals surface area contributed by atoms with Gasteiger partial charge in [-0.15, -0.1) is 0 Å². The first-order chi connectivity index (χ1) is 14.3. The van der Waals surface area contributed by atoms with Crippen LogP contribution >= 0.6 is 0 Å². The van der Waals surface area contributed by atoms with Crippen LogP contribution in [-0.2, 0) is 17.3 Å². The van der Waals surface area contributed by atoms with Crippen molar-refractivity contribution in [1.29, 1.82) is 0 Å². The van der Waals surface area contributed by atoms with E-state index in [-0.39, 0.29) is 5.69 Å². The fraction of sp³-hybridized carbons (Fsp3) is 0.409. The van der Waals surface area contributed by atoms with E-state index in [1.807, 2.05) is 35.2 Å². The molecule has 5 nitrogen and oxygen atoms in total. The number of hydrogen-bond donors (Lipinski definition) is 1. The van der Waals surface area contributed by atoms with Crippen LogP contribution in [0.25, 0.3) is 0 Å². The minimum absolute atomic E-state index is 0.237. The quantitative estimate of drug-likeness (QED) is 0.739. The van der Waals surface area contributed by atoms with Gasteiger partial charge in [-0.25, -0.2) is 4.79 Å². The molecule has 1 N–H and O–H groups in total. The molecule has 0 unspecified atom stereocenters. The van der Waals surface area contributed by atoms with Crippen molar-refractivity contribution in [3.8, 4) is 0 Å². The maximum absolute atomic E-state index is 13.6. The lowest BCUT2D eigenvalue weighted by Crippen LogP contribution is -2.36. The Bertz CT molecular complexity index is 837. The van der Waals surface area contributed by atoms with E-state index in [4.69, 9.17) is 4.74 Å². The van der Waals surface area contributed by atoms with Crippen LogP contribution < -0.4 is 10.2 Å². The molecule has 3 rings (SSSR count). The molecule has 1 heterocycles. The van der Waals surface area contributed by atoms with E-state index in [1.165, 1.54) is 11.0 Å². The number of aryl methyl sites for hydroxylation is 1. The SMILES string of the molecule is CN(CCCc1ccccc1)C(=O)Nc1ccc(N2CCOCC2)cc1C(F)(F)F. The van der Waals surface area contributed by atoms with Crippen LogP contribution in [0.4, 0.5) is 29.3 Å². The van der Waals surface area contributed by atoms with Crippen molar-refractivity contribution >= 4 is 17.4 Å². The van der Waals surface area contributed by atoms with E-state index in [0.29, 0.717) is 38.5 Å². The van der Waals surface area contributed by atoms with Crippen LogP contribution in [0.3, 0.4) is 0 Å². The summed E-state index contributed by atoms with van der Waals surface area (Å²) in [5.41, 5.74) is 0.543. The summed E-state index contributed by atoms with van der Waals surface area (Å²) < 4.78 is 46.1. The minimum atomic E-state index is -4.57. The third-order valence-electron chi connectivity index (χ3n) is 5.07. The Kier molecular flexibility index (Phi) is 7.20. The van der Waals surface area contributed by atoms with Gasteiger partial charge < -0.3 is 19.9 Å². The van der Waals surface area contributed by atoms with E-state index in [9.17, 15) is 18.0 Å². The van der Waals surface area contributed by atoms with E-state index in [0.717, 1.165) is 24.5 Å². The van der Waals surface area contributed by atoms with Gasteiger partial charge in [0.15, 0.2) is 0 Å². The molecule has 0 aromatic heterocycles. The van der Waals surface area contributed by atoms with Crippen LogP contribution in [0.2, 0.25) is 0 Å². The van der Waals surface area contributed by atoms with Crippen LogP contribution in [0.15, 0.2) is 48.5 Å². The highest BCUT2D eigenvalue weighted by Gasteiger charge is 2.35. The molecule has 8 heteroatoms. The van der Waals surface area contributed by atoms with Crippen molar-refractivity contribution in [2.75, 3.05) is 50.1 Å². The molecule has 1 fully saturated rings. The number of halogens is 3. The van der Waals surface area contributed by atoms with Crippen LogP contribution in [0.1, 0.15) is 17.5 Å². The molecule has 162 valence electrons. The zero-order valence-corrected chi connectivity index (χ0v) is 16.9. The monoisotopic (exact) mass is 421 g/mol. The van der Waals surface area contributed by atoms with Gasteiger partial charge in [-0.2, -0.15) is 13.2 Å². The summed E-state index contributed by atoms with van der Waals surface area (Å²) in [7, 11) is 1.58. The van der Waals surface area contributed by atoms with Gasteiger partial charge in [0.2, 0.25) is 0 Å². The maximum Gasteiger partial charge on any atom is 0.418 e. The number of anilines is 2. The van der Waals surface area contributed by atoms with Crippen molar-refractivity contribution < 1.29 is 22.7 Å². The Balaban J connectivity index is 1.64. The van der Waals surface area contributed by atoms with Gasteiger partial charge in [-0.1, -0.05) is 30.3 Å². The molecule has 2 aromatic rings. The van der Waals surface area contributed by atoms with Gasteiger partial charge in [0.05, 0.1) is 24.5 Å². The molecule has 0 atom stereocenters. The number of carbonyl (C=O) groups excluding carboxylic acids is 1. The highest BCUT2D eigenvalue weighted by atomic mass is 19.4. The van der Waals surface area contributed by atoms with Crippen molar-refractivity contribution in [1.82, 2.24) is 4.90 Å². The average Bonchev–Trinajstić information content (AvgIpc) is 2.74. The molecule has 30 heavy (non-hydrogen) atoms. The number of hydrogen-bond acceptors (Lipinski definition) is 3. The van der Waals surface area contributed by atoms with Gasteiger partial charge in [0, 0.05) is 32.4 Å². The van der Waals surface area contributed by atoms with Crippen molar-refractivity contribution in [2.24, 2.45) is 0 Å². The molecule has 1 aliphatic rings. The molecular weight excluding hydrogens is 395 g/mol. The second-order valence-electron chi connectivity index (χ2n) is 7.27. The molecule has 1 aliphatic heterocycles. The number of ether oxygens (including phenoxy) is 1. The molecule has 0 spiro atoms. The van der Waals surface area contributed by atoms with Crippen molar-refractivity contribution in [3.63, 3.8) is 0 Å². The summed E-state index contributed by atoms with van der Waals surface area (Å²) in [5.74, 6) is 0. The second kappa shape index (κ2) is 9.84. The van der Waals surface area contributed by atoms with Crippen molar-refractivity contribution in [2.45, 2.75) is 19.0 Å². The Hall–Kier alpha value is -2.74. The lowest BCUT2D eigenvalue weighted by molar-refractivity contribution is -0.136. The number of nitrogens with one attached hydrogen (secondary N) is 1. The van der Waals surface area contributed by atoms with Crippen LogP contribution in [-0.4, -0.2) is 50.8 Å². The number of amides is 2. The highest BCUT2D eigenvalue weighted by molar-refractivity contribution is 5.90. The Morgan fingerprint density at radius 3 is 2.50 bits per heavy atom. The number of carbonyl (C=O) groups is 1. The molecular formula is C22H26F3N3O2. The summed E-state index contributed by atoms with van der Waals surface area (Å²) >= 11 is 0. The normalized spacial score (nSPS) is 14.5. The highest BCUT2D eigenvalue weighted by Crippen LogP contribution is 2.37. The fourth-order valence-corrected chi connectivity index (χ4v) is 3.37. The standard InChI is InChI=1S/C22H26F3N3O2/c1-27(11-5-8-17-6-3-2-4-7-17)21(29)26-20-10-9-18(16-19(20)22(23,24)25)28-12-14-30-15-13-28/h2-4,6-7,9-10,16H,5,8,11-15H2,1H3,(H,26,29). The zero-order valence-electron chi connectivity index (χ0n) is 16.9. The van der Waals surface area contributed by atoms with E-state index in [1.54, 1.807) is 13.1 Å². The third kappa shape index (κ3) is 5.89.